The molecule has 2 aromatic carbocycles. The van der Waals surface area contributed by atoms with Crippen LogP contribution in [0.4, 0.5) is 0 Å². The van der Waals surface area contributed by atoms with E-state index in [1.165, 1.54) is 11.8 Å². The average Bonchev–Trinajstić information content (AvgIpc) is 2.86. The van der Waals surface area contributed by atoms with Gasteiger partial charge in [-0.1, -0.05) is 30.0 Å². The zero-order chi connectivity index (χ0) is 14.8. The van der Waals surface area contributed by atoms with Crippen molar-refractivity contribution in [2.75, 3.05) is 0 Å². The number of rotatable bonds is 3. The third-order valence-electron chi connectivity index (χ3n) is 3.09. The van der Waals surface area contributed by atoms with E-state index in [1.54, 1.807) is 18.2 Å². The summed E-state index contributed by atoms with van der Waals surface area (Å²) in [6, 6.07) is 17.1. The van der Waals surface area contributed by atoms with Gasteiger partial charge in [0.1, 0.15) is 5.69 Å². The summed E-state index contributed by atoms with van der Waals surface area (Å²) in [4.78, 5) is 16.4. The van der Waals surface area contributed by atoms with Gasteiger partial charge in [0.2, 0.25) is 0 Å². The molecule has 0 bridgehead atoms. The Morgan fingerprint density at radius 2 is 1.95 bits per heavy atom. The first-order valence-electron chi connectivity index (χ1n) is 6.27. The lowest BCUT2D eigenvalue weighted by Gasteiger charge is -2.02. The Kier molecular flexibility index (Phi) is 3.38. The minimum atomic E-state index is -0.511. The normalized spacial score (nSPS) is 10.4. The predicted molar refractivity (Wildman–Crippen MR) is 82.1 cm³/mol. The second-order valence-electron chi connectivity index (χ2n) is 4.48. The van der Waals surface area contributed by atoms with E-state index in [4.69, 9.17) is 11.0 Å². The molecule has 0 radical (unpaired) electrons. The number of carbonyl (C=O) groups excluding carboxylic acids is 1. The van der Waals surface area contributed by atoms with Crippen LogP contribution in [0.3, 0.4) is 0 Å². The van der Waals surface area contributed by atoms with Gasteiger partial charge in [0.25, 0.3) is 5.91 Å². The zero-order valence-corrected chi connectivity index (χ0v) is 11.8. The molecule has 1 heterocycles. The highest BCUT2D eigenvalue weighted by atomic mass is 32.2. The molecule has 1 aromatic heterocycles. The summed E-state index contributed by atoms with van der Waals surface area (Å²) in [5.74, 6) is -0.511. The van der Waals surface area contributed by atoms with Gasteiger partial charge in [-0.15, -0.1) is 0 Å². The first-order chi connectivity index (χ1) is 10.2. The van der Waals surface area contributed by atoms with Crippen molar-refractivity contribution >= 4 is 28.6 Å². The number of benzene rings is 2. The van der Waals surface area contributed by atoms with Crippen molar-refractivity contribution in [3.05, 3.63) is 59.8 Å². The van der Waals surface area contributed by atoms with E-state index in [0.29, 0.717) is 11.3 Å². The Bertz CT molecular complexity index is 862. The summed E-state index contributed by atoms with van der Waals surface area (Å²) < 4.78 is 0. The summed E-state index contributed by atoms with van der Waals surface area (Å²) in [5.41, 5.74) is 7.16. The lowest BCUT2D eigenvalue weighted by atomic mass is 10.2. The van der Waals surface area contributed by atoms with Crippen LogP contribution in [-0.2, 0) is 0 Å². The second kappa shape index (κ2) is 5.35. The lowest BCUT2D eigenvalue weighted by molar-refractivity contribution is 0.0993. The molecule has 0 spiro atoms. The summed E-state index contributed by atoms with van der Waals surface area (Å²) in [6.45, 7) is 0. The van der Waals surface area contributed by atoms with E-state index in [9.17, 15) is 4.79 Å². The standard InChI is InChI=1S/C16H11N3OS/c17-9-10-6-7-13-12(8-10)15(14(19-13)16(18)20)21-11-4-2-1-3-5-11/h1-8,19H,(H2,18,20). The SMILES string of the molecule is N#Cc1ccc2[nH]c(C(N)=O)c(Sc3ccccc3)c2c1. The Hall–Kier alpha value is -2.71. The Balaban J connectivity index is 2.20. The van der Waals surface area contributed by atoms with E-state index in [-0.39, 0.29) is 0 Å². The molecule has 0 atom stereocenters. The van der Waals surface area contributed by atoms with Crippen molar-refractivity contribution in [1.29, 1.82) is 5.26 Å². The number of amides is 1. The van der Waals surface area contributed by atoms with Crippen LogP contribution in [0, 0.1) is 11.3 Å². The maximum Gasteiger partial charge on any atom is 0.266 e. The number of primary amides is 1. The Morgan fingerprint density at radius 1 is 1.19 bits per heavy atom. The fraction of sp³-hybridized carbons (Fsp3) is 0. The predicted octanol–water partition coefficient (Wildman–Crippen LogP) is 3.29. The second-order valence-corrected chi connectivity index (χ2v) is 5.56. The van der Waals surface area contributed by atoms with Crippen LogP contribution in [0.2, 0.25) is 0 Å². The van der Waals surface area contributed by atoms with Crippen LogP contribution in [0.5, 0.6) is 0 Å². The number of carbonyl (C=O) groups is 1. The van der Waals surface area contributed by atoms with Crippen LogP contribution < -0.4 is 5.73 Å². The first kappa shape index (κ1) is 13.3. The molecule has 3 N–H and O–H groups in total. The smallest absolute Gasteiger partial charge is 0.266 e. The number of hydrogen-bond donors (Lipinski definition) is 2. The van der Waals surface area contributed by atoms with Gasteiger partial charge >= 0.3 is 0 Å². The first-order valence-corrected chi connectivity index (χ1v) is 7.09. The number of hydrogen-bond acceptors (Lipinski definition) is 3. The number of nitrogens with one attached hydrogen (secondary N) is 1. The molecular formula is C16H11N3OS. The van der Waals surface area contributed by atoms with E-state index in [2.05, 4.69) is 11.1 Å². The molecule has 0 fully saturated rings. The van der Waals surface area contributed by atoms with Gasteiger partial charge in [0, 0.05) is 15.8 Å². The molecule has 0 unspecified atom stereocenters. The van der Waals surface area contributed by atoms with Crippen LogP contribution in [-0.4, -0.2) is 10.9 Å². The Labute approximate surface area is 125 Å². The van der Waals surface area contributed by atoms with Crippen LogP contribution >= 0.6 is 11.8 Å². The maximum atomic E-state index is 11.6. The molecule has 0 aliphatic rings. The van der Waals surface area contributed by atoms with Crippen LogP contribution in [0.25, 0.3) is 10.9 Å². The van der Waals surface area contributed by atoms with E-state index >= 15 is 0 Å². The van der Waals surface area contributed by atoms with Gasteiger partial charge in [-0.05, 0) is 30.3 Å². The molecule has 0 aliphatic carbocycles. The average molecular weight is 293 g/mol. The topological polar surface area (TPSA) is 82.7 Å². The number of aromatic nitrogens is 1. The van der Waals surface area contributed by atoms with Gasteiger partial charge in [-0.2, -0.15) is 5.26 Å². The van der Waals surface area contributed by atoms with Crippen molar-refractivity contribution in [2.45, 2.75) is 9.79 Å². The molecule has 21 heavy (non-hydrogen) atoms. The minimum absolute atomic E-state index is 0.369. The van der Waals surface area contributed by atoms with E-state index < -0.39 is 5.91 Å². The van der Waals surface area contributed by atoms with Gasteiger partial charge in [-0.3, -0.25) is 4.79 Å². The summed E-state index contributed by atoms with van der Waals surface area (Å²) in [5, 5.41) is 9.87. The summed E-state index contributed by atoms with van der Waals surface area (Å²) in [6.07, 6.45) is 0. The molecule has 0 saturated carbocycles. The number of aromatic amines is 1. The largest absolute Gasteiger partial charge is 0.364 e. The van der Waals surface area contributed by atoms with Gasteiger partial charge in [-0.25, -0.2) is 0 Å². The fourth-order valence-electron chi connectivity index (χ4n) is 2.12. The molecule has 4 nitrogen and oxygen atoms in total. The van der Waals surface area contributed by atoms with Gasteiger partial charge in [0.05, 0.1) is 16.5 Å². The van der Waals surface area contributed by atoms with Crippen LogP contribution in [0.15, 0.2) is 58.3 Å². The maximum absolute atomic E-state index is 11.6. The zero-order valence-electron chi connectivity index (χ0n) is 11.0. The van der Waals surface area contributed by atoms with Crippen LogP contribution in [0.1, 0.15) is 16.1 Å². The molecule has 3 aromatic rings. The Morgan fingerprint density at radius 3 is 2.62 bits per heavy atom. The highest BCUT2D eigenvalue weighted by Gasteiger charge is 2.17. The molecule has 0 saturated heterocycles. The number of nitriles is 1. The highest BCUT2D eigenvalue weighted by molar-refractivity contribution is 7.99. The van der Waals surface area contributed by atoms with Crippen molar-refractivity contribution < 1.29 is 4.79 Å². The minimum Gasteiger partial charge on any atom is -0.364 e. The molecule has 1 amide bonds. The molecule has 0 aliphatic heterocycles. The molecule has 3 rings (SSSR count). The van der Waals surface area contributed by atoms with Gasteiger partial charge in [0.15, 0.2) is 0 Å². The number of H-pyrrole nitrogens is 1. The molecule has 102 valence electrons. The highest BCUT2D eigenvalue weighted by Crippen LogP contribution is 2.36. The third kappa shape index (κ3) is 2.49. The summed E-state index contributed by atoms with van der Waals surface area (Å²) in [7, 11) is 0. The lowest BCUT2D eigenvalue weighted by Crippen LogP contribution is -2.12. The van der Waals surface area contributed by atoms with E-state index in [1.807, 2.05) is 30.3 Å². The van der Waals surface area contributed by atoms with Crippen molar-refractivity contribution in [3.63, 3.8) is 0 Å². The summed E-state index contributed by atoms with van der Waals surface area (Å²) >= 11 is 1.46. The van der Waals surface area contributed by atoms with Gasteiger partial charge < -0.3 is 10.7 Å². The number of nitrogens with two attached hydrogens (primary N) is 1. The van der Waals surface area contributed by atoms with E-state index in [0.717, 1.165) is 20.7 Å². The number of fused-ring (bicyclic) bond motifs is 1. The van der Waals surface area contributed by atoms with Crippen molar-refractivity contribution in [1.82, 2.24) is 4.98 Å². The van der Waals surface area contributed by atoms with Crippen molar-refractivity contribution in [2.24, 2.45) is 5.73 Å². The third-order valence-corrected chi connectivity index (χ3v) is 4.23. The molecule has 5 heteroatoms. The molecular weight excluding hydrogens is 282 g/mol. The number of nitrogens with zero attached hydrogens (tertiary/aromatic N) is 1. The quantitative estimate of drug-likeness (QED) is 0.777. The monoisotopic (exact) mass is 293 g/mol. The van der Waals surface area contributed by atoms with Crippen molar-refractivity contribution in [3.8, 4) is 6.07 Å². The fourth-order valence-corrected chi connectivity index (χ4v) is 3.18.